The Morgan fingerprint density at radius 2 is 2.00 bits per heavy atom. The quantitative estimate of drug-likeness (QED) is 0.840. The van der Waals surface area contributed by atoms with Crippen molar-refractivity contribution in [1.29, 1.82) is 0 Å². The molecule has 3 nitrogen and oxygen atoms in total. The Labute approximate surface area is 89.7 Å². The van der Waals surface area contributed by atoms with E-state index in [4.69, 9.17) is 11.6 Å². The Morgan fingerprint density at radius 3 is 2.43 bits per heavy atom. The molecule has 0 bridgehead atoms. The second-order valence-corrected chi connectivity index (χ2v) is 3.80. The van der Waals surface area contributed by atoms with Gasteiger partial charge < -0.3 is 5.11 Å². The van der Waals surface area contributed by atoms with Crippen molar-refractivity contribution in [3.8, 4) is 0 Å². The number of nitrogens with zero attached hydrogens (tertiary/aromatic N) is 2. The van der Waals surface area contributed by atoms with Gasteiger partial charge in [-0.3, -0.25) is 4.68 Å². The summed E-state index contributed by atoms with van der Waals surface area (Å²) >= 11 is 6.02. The van der Waals surface area contributed by atoms with Crippen LogP contribution in [0.2, 0.25) is 5.02 Å². The van der Waals surface area contributed by atoms with Crippen LogP contribution in [-0.4, -0.2) is 14.9 Å². The molecule has 0 radical (unpaired) electrons. The molecule has 1 rings (SSSR count). The molecule has 14 heavy (non-hydrogen) atoms. The molecule has 80 valence electrons. The van der Waals surface area contributed by atoms with Gasteiger partial charge in [0.25, 0.3) is 0 Å². The van der Waals surface area contributed by atoms with Gasteiger partial charge in [-0.15, -0.1) is 0 Å². The Kier molecular flexibility index (Phi) is 3.56. The third kappa shape index (κ3) is 1.79. The summed E-state index contributed by atoms with van der Waals surface area (Å²) < 4.78 is 1.76. The van der Waals surface area contributed by atoms with Gasteiger partial charge in [-0.1, -0.05) is 25.4 Å². The molecule has 0 aromatic carbocycles. The fourth-order valence-electron chi connectivity index (χ4n) is 1.65. The summed E-state index contributed by atoms with van der Waals surface area (Å²) in [6.45, 7) is 6.61. The summed E-state index contributed by atoms with van der Waals surface area (Å²) in [5, 5.41) is 15.0. The highest BCUT2D eigenvalue weighted by atomic mass is 35.5. The molecule has 0 saturated heterocycles. The lowest BCUT2D eigenvalue weighted by Gasteiger charge is -2.26. The van der Waals surface area contributed by atoms with E-state index in [1.54, 1.807) is 10.9 Å². The Morgan fingerprint density at radius 1 is 1.43 bits per heavy atom. The molecule has 0 fully saturated rings. The molecule has 0 aliphatic heterocycles. The highest BCUT2D eigenvalue weighted by Gasteiger charge is 2.31. The first-order valence-corrected chi connectivity index (χ1v) is 5.41. The third-order valence-electron chi connectivity index (χ3n) is 2.70. The summed E-state index contributed by atoms with van der Waals surface area (Å²) in [5.41, 5.74) is -0.101. The smallest absolute Gasteiger partial charge is 0.107 e. The maximum atomic E-state index is 10.3. The van der Waals surface area contributed by atoms with E-state index in [0.29, 0.717) is 17.9 Å². The first-order chi connectivity index (χ1) is 6.59. The van der Waals surface area contributed by atoms with Crippen LogP contribution in [0, 0.1) is 0 Å². The molecule has 1 aromatic heterocycles. The van der Waals surface area contributed by atoms with Crippen LogP contribution < -0.4 is 0 Å². The van der Waals surface area contributed by atoms with Gasteiger partial charge in [0.1, 0.15) is 5.60 Å². The van der Waals surface area contributed by atoms with Gasteiger partial charge in [-0.05, 0) is 19.8 Å². The molecule has 4 heteroatoms. The predicted molar refractivity (Wildman–Crippen MR) is 57.4 cm³/mol. The van der Waals surface area contributed by atoms with Crippen LogP contribution in [0.3, 0.4) is 0 Å². The molecule has 1 aromatic rings. The van der Waals surface area contributed by atoms with Gasteiger partial charge >= 0.3 is 0 Å². The molecule has 0 unspecified atom stereocenters. The summed E-state index contributed by atoms with van der Waals surface area (Å²) in [6, 6.07) is 0. The van der Waals surface area contributed by atoms with E-state index in [2.05, 4.69) is 5.10 Å². The van der Waals surface area contributed by atoms with Crippen LogP contribution in [0.1, 0.15) is 39.3 Å². The highest BCUT2D eigenvalue weighted by molar-refractivity contribution is 6.31. The average Bonchev–Trinajstić information content (AvgIpc) is 2.59. The number of aliphatic hydroxyl groups is 1. The fourth-order valence-corrected chi connectivity index (χ4v) is 1.97. The highest BCUT2D eigenvalue weighted by Crippen LogP contribution is 2.33. The Hall–Kier alpha value is -0.540. The number of hydrogen-bond donors (Lipinski definition) is 1. The number of aromatic nitrogens is 2. The fraction of sp³-hybridized carbons (Fsp3) is 0.700. The topological polar surface area (TPSA) is 38.0 Å². The van der Waals surface area contributed by atoms with Crippen molar-refractivity contribution in [2.75, 3.05) is 0 Å². The molecule has 1 N–H and O–H groups in total. The molecule has 0 amide bonds. The molecular formula is C10H17ClN2O. The van der Waals surface area contributed by atoms with Gasteiger partial charge in [-0.25, -0.2) is 0 Å². The van der Waals surface area contributed by atoms with Crippen molar-refractivity contribution in [3.63, 3.8) is 0 Å². The second kappa shape index (κ2) is 4.32. The van der Waals surface area contributed by atoms with Crippen LogP contribution in [-0.2, 0) is 12.1 Å². The normalized spacial score (nSPS) is 12.1. The van der Waals surface area contributed by atoms with Crippen LogP contribution in [0.5, 0.6) is 0 Å². The van der Waals surface area contributed by atoms with Crippen LogP contribution in [0.25, 0.3) is 0 Å². The molecule has 0 saturated carbocycles. The first kappa shape index (κ1) is 11.5. The maximum Gasteiger partial charge on any atom is 0.107 e. The third-order valence-corrected chi connectivity index (χ3v) is 2.98. The van der Waals surface area contributed by atoms with E-state index in [0.717, 1.165) is 12.2 Å². The lowest BCUT2D eigenvalue weighted by atomic mass is 9.93. The summed E-state index contributed by atoms with van der Waals surface area (Å²) in [5.74, 6) is 0. The van der Waals surface area contributed by atoms with Crippen molar-refractivity contribution in [2.45, 2.75) is 45.8 Å². The van der Waals surface area contributed by atoms with E-state index in [1.807, 2.05) is 20.8 Å². The van der Waals surface area contributed by atoms with Gasteiger partial charge in [0.2, 0.25) is 0 Å². The van der Waals surface area contributed by atoms with Crippen LogP contribution in [0.4, 0.5) is 0 Å². The van der Waals surface area contributed by atoms with Crippen molar-refractivity contribution in [2.24, 2.45) is 0 Å². The number of halogens is 1. The largest absolute Gasteiger partial charge is 0.384 e. The molecular weight excluding hydrogens is 200 g/mol. The minimum absolute atomic E-state index is 0.554. The van der Waals surface area contributed by atoms with Gasteiger partial charge in [0.15, 0.2) is 0 Å². The van der Waals surface area contributed by atoms with Crippen LogP contribution >= 0.6 is 11.6 Å². The molecule has 0 aliphatic rings. The number of hydrogen-bond acceptors (Lipinski definition) is 2. The zero-order valence-electron chi connectivity index (χ0n) is 8.92. The van der Waals surface area contributed by atoms with Crippen molar-refractivity contribution < 1.29 is 5.11 Å². The van der Waals surface area contributed by atoms with Crippen molar-refractivity contribution >= 4 is 11.6 Å². The van der Waals surface area contributed by atoms with Gasteiger partial charge in [0.05, 0.1) is 16.9 Å². The summed E-state index contributed by atoms with van der Waals surface area (Å²) in [6.07, 6.45) is 2.89. The zero-order chi connectivity index (χ0) is 10.8. The van der Waals surface area contributed by atoms with Crippen LogP contribution in [0.15, 0.2) is 6.20 Å². The predicted octanol–water partition coefficient (Wildman–Crippen LogP) is 2.56. The molecule has 0 spiro atoms. The molecule has 1 heterocycles. The molecule has 0 aliphatic carbocycles. The van der Waals surface area contributed by atoms with E-state index < -0.39 is 5.60 Å². The summed E-state index contributed by atoms with van der Waals surface area (Å²) in [7, 11) is 0. The second-order valence-electron chi connectivity index (χ2n) is 3.40. The van der Waals surface area contributed by atoms with Gasteiger partial charge in [-0.2, -0.15) is 5.10 Å². The maximum absolute atomic E-state index is 10.3. The minimum Gasteiger partial charge on any atom is -0.384 e. The molecule has 0 atom stereocenters. The average molecular weight is 217 g/mol. The number of aryl methyl sites for hydroxylation is 1. The van der Waals surface area contributed by atoms with E-state index in [-0.39, 0.29) is 0 Å². The SMILES string of the molecule is CCn1ncc(Cl)c1C(O)(CC)CC. The van der Waals surface area contributed by atoms with Crippen molar-refractivity contribution in [3.05, 3.63) is 16.9 Å². The Bertz CT molecular complexity index is 305. The first-order valence-electron chi connectivity index (χ1n) is 5.03. The monoisotopic (exact) mass is 216 g/mol. The van der Waals surface area contributed by atoms with E-state index >= 15 is 0 Å². The van der Waals surface area contributed by atoms with E-state index in [9.17, 15) is 5.11 Å². The zero-order valence-corrected chi connectivity index (χ0v) is 9.67. The number of rotatable bonds is 4. The van der Waals surface area contributed by atoms with Crippen molar-refractivity contribution in [1.82, 2.24) is 9.78 Å². The van der Waals surface area contributed by atoms with E-state index in [1.165, 1.54) is 0 Å². The lowest BCUT2D eigenvalue weighted by molar-refractivity contribution is 0.0195. The minimum atomic E-state index is -0.844. The standard InChI is InChI=1S/C10H17ClN2O/c1-4-10(14,5-2)9-8(11)7-12-13(9)6-3/h7,14H,4-6H2,1-3H3. The van der Waals surface area contributed by atoms with Gasteiger partial charge in [0, 0.05) is 6.54 Å². The summed E-state index contributed by atoms with van der Waals surface area (Å²) in [4.78, 5) is 0. The Balaban J connectivity index is 3.20. The lowest BCUT2D eigenvalue weighted by Crippen LogP contribution is -2.27.